The van der Waals surface area contributed by atoms with Gasteiger partial charge in [0, 0.05) is 24.7 Å². The predicted octanol–water partition coefficient (Wildman–Crippen LogP) is 1.39. The molecular weight excluding hydrogens is 254 g/mol. The van der Waals surface area contributed by atoms with E-state index < -0.39 is 6.04 Å². The van der Waals surface area contributed by atoms with E-state index in [9.17, 15) is 4.79 Å². The number of nitrogens with one attached hydrogen (secondary N) is 1. The number of carbonyl (C=O) groups is 1. The van der Waals surface area contributed by atoms with Crippen LogP contribution in [0.15, 0.2) is 36.8 Å². The van der Waals surface area contributed by atoms with Crippen molar-refractivity contribution >= 4 is 11.7 Å². The number of hydrogen-bond acceptors (Lipinski definition) is 4. The van der Waals surface area contributed by atoms with Gasteiger partial charge in [0.05, 0.1) is 12.6 Å². The average molecular weight is 273 g/mol. The second-order valence-corrected chi connectivity index (χ2v) is 4.64. The summed E-state index contributed by atoms with van der Waals surface area (Å²) in [6, 6.07) is 5.14. The highest BCUT2D eigenvalue weighted by Crippen LogP contribution is 2.07. The first-order valence-corrected chi connectivity index (χ1v) is 6.68. The van der Waals surface area contributed by atoms with Crippen molar-refractivity contribution < 1.29 is 4.79 Å². The molecule has 2 rings (SSSR count). The van der Waals surface area contributed by atoms with Gasteiger partial charge in [-0.1, -0.05) is 13.3 Å². The Morgan fingerprint density at radius 3 is 2.85 bits per heavy atom. The molecule has 2 heterocycles. The molecule has 0 saturated heterocycles. The minimum Gasteiger partial charge on any atom is -0.320 e. The van der Waals surface area contributed by atoms with Crippen molar-refractivity contribution in [1.82, 2.24) is 14.8 Å². The summed E-state index contributed by atoms with van der Waals surface area (Å²) in [6.07, 6.45) is 6.85. The summed E-state index contributed by atoms with van der Waals surface area (Å²) in [6.45, 7) is 2.63. The largest absolute Gasteiger partial charge is 0.320 e. The molecule has 1 atom stereocenters. The molecule has 106 valence electrons. The van der Waals surface area contributed by atoms with Crippen LogP contribution in [0.25, 0.3) is 0 Å². The van der Waals surface area contributed by atoms with Crippen LogP contribution in [0.3, 0.4) is 0 Å². The minimum atomic E-state index is -0.481. The molecule has 6 heteroatoms. The fourth-order valence-corrected chi connectivity index (χ4v) is 1.85. The Balaban J connectivity index is 1.94. The molecule has 20 heavy (non-hydrogen) atoms. The van der Waals surface area contributed by atoms with E-state index in [1.165, 1.54) is 0 Å². The molecule has 1 unspecified atom stereocenters. The maximum atomic E-state index is 11.8. The topological polar surface area (TPSA) is 85.8 Å². The number of carbonyl (C=O) groups excluding carboxylic acids is 1. The van der Waals surface area contributed by atoms with E-state index in [4.69, 9.17) is 5.73 Å². The zero-order valence-corrected chi connectivity index (χ0v) is 11.5. The fourth-order valence-electron chi connectivity index (χ4n) is 1.85. The Kier molecular flexibility index (Phi) is 4.84. The summed E-state index contributed by atoms with van der Waals surface area (Å²) < 4.78 is 1.76. The van der Waals surface area contributed by atoms with Crippen molar-refractivity contribution in [2.45, 2.75) is 32.4 Å². The fraction of sp³-hybridized carbons (Fsp3) is 0.357. The molecule has 1 amide bonds. The number of amides is 1. The zero-order valence-electron chi connectivity index (χ0n) is 11.5. The quantitative estimate of drug-likeness (QED) is 0.832. The second kappa shape index (κ2) is 6.81. The van der Waals surface area contributed by atoms with E-state index in [0.717, 1.165) is 12.0 Å². The van der Waals surface area contributed by atoms with Gasteiger partial charge >= 0.3 is 0 Å². The first-order valence-electron chi connectivity index (χ1n) is 6.68. The highest BCUT2D eigenvalue weighted by Gasteiger charge is 2.13. The number of aromatic nitrogens is 3. The van der Waals surface area contributed by atoms with E-state index in [1.807, 2.05) is 25.3 Å². The van der Waals surface area contributed by atoms with Crippen molar-refractivity contribution in [3.05, 3.63) is 42.4 Å². The summed E-state index contributed by atoms with van der Waals surface area (Å²) in [4.78, 5) is 15.7. The van der Waals surface area contributed by atoms with Crippen LogP contribution < -0.4 is 11.1 Å². The predicted molar refractivity (Wildman–Crippen MR) is 77.1 cm³/mol. The van der Waals surface area contributed by atoms with Crippen LogP contribution >= 0.6 is 0 Å². The van der Waals surface area contributed by atoms with Crippen molar-refractivity contribution in [2.75, 3.05) is 5.32 Å². The summed E-state index contributed by atoms with van der Waals surface area (Å²) in [5.74, 6) is 0.330. The van der Waals surface area contributed by atoms with Crippen LogP contribution in [0.5, 0.6) is 0 Å². The third-order valence-corrected chi connectivity index (χ3v) is 2.92. The van der Waals surface area contributed by atoms with Gasteiger partial charge in [-0.15, -0.1) is 0 Å². The lowest BCUT2D eigenvalue weighted by Crippen LogP contribution is -2.35. The van der Waals surface area contributed by atoms with E-state index in [1.54, 1.807) is 23.1 Å². The van der Waals surface area contributed by atoms with Gasteiger partial charge < -0.3 is 11.1 Å². The lowest BCUT2D eigenvalue weighted by atomic mass is 10.2. The maximum Gasteiger partial charge on any atom is 0.242 e. The summed E-state index contributed by atoms with van der Waals surface area (Å²) in [5, 5.41) is 7.02. The van der Waals surface area contributed by atoms with Crippen molar-refractivity contribution in [1.29, 1.82) is 0 Å². The monoisotopic (exact) mass is 273 g/mol. The molecule has 0 aromatic carbocycles. The second-order valence-electron chi connectivity index (χ2n) is 4.64. The average Bonchev–Trinajstić information content (AvgIpc) is 2.87. The highest BCUT2D eigenvalue weighted by molar-refractivity contribution is 5.93. The van der Waals surface area contributed by atoms with Gasteiger partial charge in [-0.2, -0.15) is 5.10 Å². The highest BCUT2D eigenvalue weighted by atomic mass is 16.2. The van der Waals surface area contributed by atoms with Gasteiger partial charge in [0.15, 0.2) is 5.82 Å². The Labute approximate surface area is 118 Å². The summed E-state index contributed by atoms with van der Waals surface area (Å²) in [7, 11) is 0. The third-order valence-electron chi connectivity index (χ3n) is 2.92. The number of nitrogens with zero attached hydrogens (tertiary/aromatic N) is 3. The number of hydrogen-bond donors (Lipinski definition) is 2. The standard InChI is InChI=1S/C14H19N5O/c1-2-3-12(15)14(20)17-13-6-9-19(18-13)10-11-4-7-16-8-5-11/h4-9,12H,2-3,10,15H2,1H3,(H,17,18,20). The molecular formula is C14H19N5O. The van der Waals surface area contributed by atoms with Gasteiger partial charge in [0.2, 0.25) is 5.91 Å². The Bertz CT molecular complexity index is 552. The summed E-state index contributed by atoms with van der Waals surface area (Å²) >= 11 is 0. The van der Waals surface area contributed by atoms with Gasteiger partial charge in [-0.05, 0) is 24.1 Å². The molecule has 2 aromatic heterocycles. The first-order chi connectivity index (χ1) is 9.69. The molecule has 0 fully saturated rings. The van der Waals surface area contributed by atoms with Crippen LogP contribution in [0.2, 0.25) is 0 Å². The van der Waals surface area contributed by atoms with Crippen LogP contribution in [-0.2, 0) is 11.3 Å². The van der Waals surface area contributed by atoms with Crippen molar-refractivity contribution in [2.24, 2.45) is 5.73 Å². The maximum absolute atomic E-state index is 11.8. The van der Waals surface area contributed by atoms with Gasteiger partial charge in [-0.3, -0.25) is 14.5 Å². The van der Waals surface area contributed by atoms with Gasteiger partial charge in [-0.25, -0.2) is 0 Å². The van der Waals surface area contributed by atoms with Crippen LogP contribution in [0.4, 0.5) is 5.82 Å². The molecule has 6 nitrogen and oxygen atoms in total. The first kappa shape index (κ1) is 14.2. The molecule has 3 N–H and O–H groups in total. The molecule has 0 radical (unpaired) electrons. The van der Waals surface area contributed by atoms with Crippen molar-refractivity contribution in [3.63, 3.8) is 0 Å². The SMILES string of the molecule is CCCC(N)C(=O)Nc1ccn(Cc2ccncc2)n1. The Morgan fingerprint density at radius 1 is 1.40 bits per heavy atom. The lowest BCUT2D eigenvalue weighted by Gasteiger charge is -2.09. The lowest BCUT2D eigenvalue weighted by molar-refractivity contribution is -0.117. The zero-order chi connectivity index (χ0) is 14.4. The number of pyridine rings is 1. The Hall–Kier alpha value is -2.21. The van der Waals surface area contributed by atoms with Gasteiger partial charge in [0.25, 0.3) is 0 Å². The Morgan fingerprint density at radius 2 is 2.15 bits per heavy atom. The molecule has 0 aliphatic heterocycles. The smallest absolute Gasteiger partial charge is 0.242 e. The van der Waals surface area contributed by atoms with Gasteiger partial charge in [0.1, 0.15) is 0 Å². The summed E-state index contributed by atoms with van der Waals surface area (Å²) in [5.41, 5.74) is 6.85. The van der Waals surface area contributed by atoms with Crippen LogP contribution in [0, 0.1) is 0 Å². The molecule has 0 aliphatic rings. The number of nitrogens with two attached hydrogens (primary N) is 1. The molecule has 2 aromatic rings. The minimum absolute atomic E-state index is 0.194. The van der Waals surface area contributed by atoms with Crippen LogP contribution in [-0.4, -0.2) is 26.7 Å². The number of rotatable bonds is 6. The molecule has 0 saturated carbocycles. The van der Waals surface area contributed by atoms with E-state index in [0.29, 0.717) is 18.8 Å². The van der Waals surface area contributed by atoms with E-state index >= 15 is 0 Å². The third kappa shape index (κ3) is 3.89. The molecule has 0 aliphatic carbocycles. The normalized spacial score (nSPS) is 12.1. The van der Waals surface area contributed by atoms with Crippen LogP contribution in [0.1, 0.15) is 25.3 Å². The van der Waals surface area contributed by atoms with E-state index in [-0.39, 0.29) is 5.91 Å². The molecule has 0 spiro atoms. The number of anilines is 1. The van der Waals surface area contributed by atoms with E-state index in [2.05, 4.69) is 15.4 Å². The molecule has 0 bridgehead atoms. The van der Waals surface area contributed by atoms with Crippen molar-refractivity contribution in [3.8, 4) is 0 Å².